The average molecular weight is 245 g/mol. The first kappa shape index (κ1) is 12.2. The SMILES string of the molecule is OCC1(NCc2ccccc2C2CC2)CCCC1. The van der Waals surface area contributed by atoms with Gasteiger partial charge in [-0.3, -0.25) is 0 Å². The second kappa shape index (κ2) is 5.02. The molecule has 0 atom stereocenters. The normalized spacial score (nSPS) is 22.3. The number of hydrogen-bond donors (Lipinski definition) is 2. The lowest BCUT2D eigenvalue weighted by molar-refractivity contribution is 0.163. The zero-order valence-corrected chi connectivity index (χ0v) is 11.0. The lowest BCUT2D eigenvalue weighted by Gasteiger charge is -2.28. The van der Waals surface area contributed by atoms with Gasteiger partial charge in [-0.05, 0) is 42.7 Å². The Morgan fingerprint density at radius 1 is 1.17 bits per heavy atom. The van der Waals surface area contributed by atoms with Crippen molar-refractivity contribution in [2.24, 2.45) is 0 Å². The molecule has 98 valence electrons. The van der Waals surface area contributed by atoms with Crippen LogP contribution < -0.4 is 5.32 Å². The Balaban J connectivity index is 1.69. The molecule has 0 bridgehead atoms. The molecule has 2 saturated carbocycles. The van der Waals surface area contributed by atoms with Gasteiger partial charge in [0, 0.05) is 12.1 Å². The zero-order valence-electron chi connectivity index (χ0n) is 11.0. The summed E-state index contributed by atoms with van der Waals surface area (Å²) in [5.41, 5.74) is 2.95. The summed E-state index contributed by atoms with van der Waals surface area (Å²) in [6.07, 6.45) is 7.43. The van der Waals surface area contributed by atoms with Crippen LogP contribution >= 0.6 is 0 Å². The molecule has 2 aliphatic rings. The van der Waals surface area contributed by atoms with Gasteiger partial charge >= 0.3 is 0 Å². The van der Waals surface area contributed by atoms with E-state index in [9.17, 15) is 5.11 Å². The second-order valence-electron chi connectivity index (χ2n) is 5.97. The smallest absolute Gasteiger partial charge is 0.0613 e. The van der Waals surface area contributed by atoms with Crippen LogP contribution in [-0.2, 0) is 6.54 Å². The maximum Gasteiger partial charge on any atom is 0.0613 e. The van der Waals surface area contributed by atoms with Crippen molar-refractivity contribution in [2.45, 2.75) is 56.5 Å². The quantitative estimate of drug-likeness (QED) is 0.836. The van der Waals surface area contributed by atoms with Crippen molar-refractivity contribution in [2.75, 3.05) is 6.61 Å². The van der Waals surface area contributed by atoms with Gasteiger partial charge in [-0.15, -0.1) is 0 Å². The van der Waals surface area contributed by atoms with E-state index in [1.807, 2.05) is 0 Å². The summed E-state index contributed by atoms with van der Waals surface area (Å²) < 4.78 is 0. The lowest BCUT2D eigenvalue weighted by Crippen LogP contribution is -2.45. The van der Waals surface area contributed by atoms with E-state index in [-0.39, 0.29) is 12.1 Å². The third-order valence-electron chi connectivity index (χ3n) is 4.59. The molecular weight excluding hydrogens is 222 g/mol. The van der Waals surface area contributed by atoms with Crippen molar-refractivity contribution < 1.29 is 5.11 Å². The number of aliphatic hydroxyl groups excluding tert-OH is 1. The molecule has 2 N–H and O–H groups in total. The molecule has 0 amide bonds. The Labute approximate surface area is 109 Å². The summed E-state index contributed by atoms with van der Waals surface area (Å²) in [4.78, 5) is 0. The maximum atomic E-state index is 9.62. The fourth-order valence-electron chi connectivity index (χ4n) is 3.21. The summed E-state index contributed by atoms with van der Waals surface area (Å²) in [5, 5.41) is 13.3. The molecule has 2 fully saturated rings. The zero-order chi connectivity index (χ0) is 12.4. The molecule has 3 rings (SSSR count). The van der Waals surface area contributed by atoms with Gasteiger partial charge in [0.25, 0.3) is 0 Å². The minimum Gasteiger partial charge on any atom is -0.394 e. The molecule has 18 heavy (non-hydrogen) atoms. The monoisotopic (exact) mass is 245 g/mol. The summed E-state index contributed by atoms with van der Waals surface area (Å²) in [6, 6.07) is 8.79. The number of benzene rings is 1. The van der Waals surface area contributed by atoms with Gasteiger partial charge in [-0.1, -0.05) is 37.1 Å². The molecule has 0 heterocycles. The van der Waals surface area contributed by atoms with E-state index < -0.39 is 0 Å². The molecule has 0 aromatic heterocycles. The number of nitrogens with one attached hydrogen (secondary N) is 1. The maximum absolute atomic E-state index is 9.62. The van der Waals surface area contributed by atoms with Crippen molar-refractivity contribution in [3.8, 4) is 0 Å². The standard InChI is InChI=1S/C16H23NO/c18-12-16(9-3-4-10-16)17-11-14-5-1-2-6-15(14)13-7-8-13/h1-2,5-6,13,17-18H,3-4,7-12H2. The van der Waals surface area contributed by atoms with Gasteiger partial charge in [-0.25, -0.2) is 0 Å². The highest BCUT2D eigenvalue weighted by Crippen LogP contribution is 2.41. The Bertz CT molecular complexity index is 405. The van der Waals surface area contributed by atoms with E-state index in [1.54, 1.807) is 0 Å². The minimum atomic E-state index is -0.00331. The Kier molecular flexibility index (Phi) is 3.40. The fraction of sp³-hybridized carbons (Fsp3) is 0.625. The molecule has 0 aliphatic heterocycles. The van der Waals surface area contributed by atoms with E-state index in [0.717, 1.165) is 25.3 Å². The van der Waals surface area contributed by atoms with Crippen LogP contribution in [0.5, 0.6) is 0 Å². The Hall–Kier alpha value is -0.860. The lowest BCUT2D eigenvalue weighted by atomic mass is 9.97. The van der Waals surface area contributed by atoms with Crippen LogP contribution in [0.1, 0.15) is 55.6 Å². The summed E-state index contributed by atoms with van der Waals surface area (Å²) in [7, 11) is 0. The number of rotatable bonds is 5. The molecule has 0 saturated heterocycles. The summed E-state index contributed by atoms with van der Waals surface area (Å²) in [5.74, 6) is 0.802. The van der Waals surface area contributed by atoms with Crippen LogP contribution in [0.4, 0.5) is 0 Å². The Morgan fingerprint density at radius 3 is 2.56 bits per heavy atom. The van der Waals surface area contributed by atoms with Crippen molar-refractivity contribution in [3.05, 3.63) is 35.4 Å². The van der Waals surface area contributed by atoms with Crippen LogP contribution in [0.25, 0.3) is 0 Å². The van der Waals surface area contributed by atoms with Gasteiger partial charge in [0.1, 0.15) is 0 Å². The highest BCUT2D eigenvalue weighted by molar-refractivity contribution is 5.33. The predicted octanol–water partition coefficient (Wildman–Crippen LogP) is 2.96. The number of aliphatic hydroxyl groups is 1. The average Bonchev–Trinajstić information content (AvgIpc) is 3.16. The molecule has 2 heteroatoms. The summed E-state index contributed by atoms with van der Waals surface area (Å²) >= 11 is 0. The van der Waals surface area contributed by atoms with E-state index in [4.69, 9.17) is 0 Å². The molecular formula is C16H23NO. The highest BCUT2D eigenvalue weighted by Gasteiger charge is 2.33. The molecule has 2 aliphatic carbocycles. The third-order valence-corrected chi connectivity index (χ3v) is 4.59. The van der Waals surface area contributed by atoms with E-state index in [1.165, 1.54) is 36.8 Å². The minimum absolute atomic E-state index is 0.00331. The predicted molar refractivity (Wildman–Crippen MR) is 73.5 cm³/mol. The second-order valence-corrected chi connectivity index (χ2v) is 5.97. The van der Waals surface area contributed by atoms with Crippen LogP contribution in [0.2, 0.25) is 0 Å². The first-order chi connectivity index (χ1) is 8.83. The van der Waals surface area contributed by atoms with Crippen molar-refractivity contribution in [1.29, 1.82) is 0 Å². The van der Waals surface area contributed by atoms with Crippen molar-refractivity contribution in [1.82, 2.24) is 5.32 Å². The van der Waals surface area contributed by atoms with Gasteiger partial charge in [-0.2, -0.15) is 0 Å². The first-order valence-electron chi connectivity index (χ1n) is 7.27. The Morgan fingerprint density at radius 2 is 1.89 bits per heavy atom. The van der Waals surface area contributed by atoms with E-state index >= 15 is 0 Å². The van der Waals surface area contributed by atoms with Crippen LogP contribution in [0.3, 0.4) is 0 Å². The van der Waals surface area contributed by atoms with E-state index in [2.05, 4.69) is 29.6 Å². The van der Waals surface area contributed by atoms with Gasteiger partial charge in [0.2, 0.25) is 0 Å². The summed E-state index contributed by atoms with van der Waals surface area (Å²) in [6.45, 7) is 1.19. The molecule has 1 aromatic carbocycles. The van der Waals surface area contributed by atoms with Gasteiger partial charge in [0.15, 0.2) is 0 Å². The van der Waals surface area contributed by atoms with Crippen LogP contribution in [0, 0.1) is 0 Å². The molecule has 0 unspecified atom stereocenters. The topological polar surface area (TPSA) is 32.3 Å². The largest absolute Gasteiger partial charge is 0.394 e. The third kappa shape index (κ3) is 2.45. The number of hydrogen-bond acceptors (Lipinski definition) is 2. The molecule has 1 aromatic rings. The fourth-order valence-corrected chi connectivity index (χ4v) is 3.21. The molecule has 0 radical (unpaired) electrons. The van der Waals surface area contributed by atoms with Crippen LogP contribution in [0.15, 0.2) is 24.3 Å². The van der Waals surface area contributed by atoms with Gasteiger partial charge < -0.3 is 10.4 Å². The van der Waals surface area contributed by atoms with Crippen molar-refractivity contribution >= 4 is 0 Å². The highest BCUT2D eigenvalue weighted by atomic mass is 16.3. The van der Waals surface area contributed by atoms with Gasteiger partial charge in [0.05, 0.1) is 6.61 Å². The van der Waals surface area contributed by atoms with Crippen LogP contribution in [-0.4, -0.2) is 17.3 Å². The molecule has 2 nitrogen and oxygen atoms in total. The van der Waals surface area contributed by atoms with E-state index in [0.29, 0.717) is 0 Å². The van der Waals surface area contributed by atoms with Crippen molar-refractivity contribution in [3.63, 3.8) is 0 Å². The molecule has 0 spiro atoms. The first-order valence-corrected chi connectivity index (χ1v) is 7.27.